The summed E-state index contributed by atoms with van der Waals surface area (Å²) >= 11 is 0. The van der Waals surface area contributed by atoms with Gasteiger partial charge < -0.3 is 16.2 Å². The lowest BCUT2D eigenvalue weighted by Crippen LogP contribution is -2.28. The fourth-order valence-electron chi connectivity index (χ4n) is 2.32. The molecule has 0 aliphatic heterocycles. The lowest BCUT2D eigenvalue weighted by atomic mass is 10.1. The zero-order chi connectivity index (χ0) is 16.2. The number of pyridine rings is 1. The smallest absolute Gasteiger partial charge is 0.153 e. The second-order valence-electron chi connectivity index (χ2n) is 5.49. The molecule has 0 saturated carbocycles. The minimum Gasteiger partial charge on any atom is -0.395 e. The highest BCUT2D eigenvalue weighted by Gasteiger charge is 2.07. The Hall–Kier alpha value is -2.57. The van der Waals surface area contributed by atoms with Gasteiger partial charge in [0.25, 0.3) is 0 Å². The lowest BCUT2D eigenvalue weighted by molar-refractivity contribution is 0.251. The lowest BCUT2D eigenvalue weighted by Gasteiger charge is -2.11. The fraction of sp³-hybridized carbons (Fsp3) is 0.235. The maximum Gasteiger partial charge on any atom is 0.153 e. The van der Waals surface area contributed by atoms with Gasteiger partial charge in [-0.15, -0.1) is 0 Å². The van der Waals surface area contributed by atoms with Gasteiger partial charge in [-0.3, -0.25) is 0 Å². The summed E-state index contributed by atoms with van der Waals surface area (Å²) in [6, 6.07) is 12.0. The Morgan fingerprint density at radius 2 is 2.09 bits per heavy atom. The van der Waals surface area contributed by atoms with E-state index >= 15 is 0 Å². The van der Waals surface area contributed by atoms with Gasteiger partial charge in [0.05, 0.1) is 17.8 Å². The molecule has 6 heteroatoms. The molecule has 4 N–H and O–H groups in total. The first kappa shape index (κ1) is 15.3. The summed E-state index contributed by atoms with van der Waals surface area (Å²) in [7, 11) is 0. The summed E-state index contributed by atoms with van der Waals surface area (Å²) in [4.78, 5) is 12.7. The second-order valence-corrected chi connectivity index (χ2v) is 5.49. The van der Waals surface area contributed by atoms with Gasteiger partial charge in [-0.05, 0) is 30.7 Å². The van der Waals surface area contributed by atoms with Crippen LogP contribution in [-0.4, -0.2) is 32.7 Å². The molecule has 0 radical (unpaired) electrons. The molecule has 3 rings (SSSR count). The van der Waals surface area contributed by atoms with Crippen molar-refractivity contribution in [1.82, 2.24) is 20.3 Å². The van der Waals surface area contributed by atoms with Crippen LogP contribution in [0.4, 0.5) is 5.82 Å². The van der Waals surface area contributed by atoms with E-state index in [1.807, 2.05) is 37.3 Å². The number of aliphatic hydroxyl groups excluding tert-OH is 1. The summed E-state index contributed by atoms with van der Waals surface area (Å²) in [5, 5.41) is 12.3. The molecule has 23 heavy (non-hydrogen) atoms. The summed E-state index contributed by atoms with van der Waals surface area (Å²) in [6.45, 7) is 2.75. The van der Waals surface area contributed by atoms with Gasteiger partial charge >= 0.3 is 0 Å². The average molecular weight is 309 g/mol. The van der Waals surface area contributed by atoms with Crippen LogP contribution in [0.1, 0.15) is 12.5 Å². The zero-order valence-electron chi connectivity index (χ0n) is 12.9. The molecule has 3 aromatic rings. The molecule has 0 aliphatic rings. The van der Waals surface area contributed by atoms with Crippen LogP contribution in [-0.2, 0) is 6.54 Å². The highest BCUT2D eigenvalue weighted by Crippen LogP contribution is 2.22. The third kappa shape index (κ3) is 3.44. The van der Waals surface area contributed by atoms with Crippen LogP contribution >= 0.6 is 0 Å². The molecule has 0 amide bonds. The summed E-state index contributed by atoms with van der Waals surface area (Å²) in [5.41, 5.74) is 10.2. The molecule has 0 bridgehead atoms. The topological polar surface area (TPSA) is 97.0 Å². The Bertz CT molecular complexity index is 821. The van der Waals surface area contributed by atoms with Crippen molar-refractivity contribution in [3.63, 3.8) is 0 Å². The molecule has 0 fully saturated rings. The van der Waals surface area contributed by atoms with Gasteiger partial charge in [0.2, 0.25) is 0 Å². The summed E-state index contributed by atoms with van der Waals surface area (Å²) < 4.78 is 0. The molecule has 0 spiro atoms. The van der Waals surface area contributed by atoms with Crippen LogP contribution in [0.2, 0.25) is 0 Å². The molecule has 2 heterocycles. The largest absolute Gasteiger partial charge is 0.395 e. The number of nitrogens with one attached hydrogen (secondary N) is 1. The van der Waals surface area contributed by atoms with Crippen LogP contribution in [0.25, 0.3) is 22.3 Å². The number of aromatic nitrogens is 3. The molecule has 2 aromatic heterocycles. The van der Waals surface area contributed by atoms with Crippen molar-refractivity contribution in [2.24, 2.45) is 0 Å². The van der Waals surface area contributed by atoms with Gasteiger partial charge in [-0.2, -0.15) is 0 Å². The Morgan fingerprint density at radius 1 is 1.22 bits per heavy atom. The van der Waals surface area contributed by atoms with E-state index in [-0.39, 0.29) is 12.6 Å². The molecule has 1 atom stereocenters. The molecule has 1 aromatic carbocycles. The highest BCUT2D eigenvalue weighted by molar-refractivity contribution is 5.85. The van der Waals surface area contributed by atoms with E-state index in [1.165, 1.54) is 6.33 Å². The number of benzene rings is 1. The van der Waals surface area contributed by atoms with Crippen molar-refractivity contribution in [2.75, 3.05) is 12.3 Å². The van der Waals surface area contributed by atoms with E-state index in [9.17, 15) is 0 Å². The van der Waals surface area contributed by atoms with Crippen molar-refractivity contribution < 1.29 is 5.11 Å². The molecule has 118 valence electrons. The van der Waals surface area contributed by atoms with Crippen molar-refractivity contribution in [3.8, 4) is 11.3 Å². The second kappa shape index (κ2) is 6.68. The van der Waals surface area contributed by atoms with Crippen molar-refractivity contribution in [2.45, 2.75) is 19.5 Å². The minimum atomic E-state index is 0.0643. The van der Waals surface area contributed by atoms with Crippen molar-refractivity contribution in [1.29, 1.82) is 0 Å². The van der Waals surface area contributed by atoms with Gasteiger partial charge in [0, 0.05) is 18.2 Å². The van der Waals surface area contributed by atoms with E-state index in [2.05, 4.69) is 26.3 Å². The Labute approximate surface area is 134 Å². The third-order valence-electron chi connectivity index (χ3n) is 3.66. The standard InChI is InChI=1S/C17H19N5O/c1-11(9-23)19-8-12-3-2-4-13(7-12)14-5-6-15-16(22-14)17(18)21-10-20-15/h2-7,10-11,19,23H,8-9H2,1H3,(H2,18,20,21). The Balaban J connectivity index is 1.91. The van der Waals surface area contributed by atoms with Gasteiger partial charge in [0.15, 0.2) is 5.82 Å². The number of rotatable bonds is 5. The van der Waals surface area contributed by atoms with Crippen LogP contribution in [0.3, 0.4) is 0 Å². The minimum absolute atomic E-state index is 0.0643. The van der Waals surface area contributed by atoms with E-state index in [4.69, 9.17) is 10.8 Å². The van der Waals surface area contributed by atoms with Gasteiger partial charge in [-0.1, -0.05) is 18.2 Å². The third-order valence-corrected chi connectivity index (χ3v) is 3.66. The quantitative estimate of drug-likeness (QED) is 0.664. The number of hydrogen-bond donors (Lipinski definition) is 3. The van der Waals surface area contributed by atoms with Crippen molar-refractivity contribution >= 4 is 16.9 Å². The highest BCUT2D eigenvalue weighted by atomic mass is 16.3. The number of nitrogen functional groups attached to an aromatic ring is 1. The van der Waals surface area contributed by atoms with E-state index in [0.717, 1.165) is 22.3 Å². The number of hydrogen-bond acceptors (Lipinski definition) is 6. The van der Waals surface area contributed by atoms with E-state index in [1.54, 1.807) is 0 Å². The van der Waals surface area contributed by atoms with Crippen molar-refractivity contribution in [3.05, 3.63) is 48.3 Å². The van der Waals surface area contributed by atoms with E-state index < -0.39 is 0 Å². The first-order valence-electron chi connectivity index (χ1n) is 7.48. The predicted octanol–water partition coefficient (Wildman–Crippen LogP) is 1.74. The Morgan fingerprint density at radius 3 is 2.91 bits per heavy atom. The maximum atomic E-state index is 9.08. The fourth-order valence-corrected chi connectivity index (χ4v) is 2.32. The molecular formula is C17H19N5O. The number of nitrogens with two attached hydrogens (primary N) is 1. The van der Waals surface area contributed by atoms with Crippen LogP contribution in [0, 0.1) is 0 Å². The number of anilines is 1. The molecule has 6 nitrogen and oxygen atoms in total. The molecule has 0 saturated heterocycles. The van der Waals surface area contributed by atoms with E-state index in [0.29, 0.717) is 17.9 Å². The SMILES string of the molecule is CC(CO)NCc1cccc(-c2ccc3ncnc(N)c3n2)c1. The average Bonchev–Trinajstić information content (AvgIpc) is 2.60. The normalized spacial score (nSPS) is 12.4. The number of nitrogens with zero attached hydrogens (tertiary/aromatic N) is 3. The molecule has 0 aliphatic carbocycles. The summed E-state index contributed by atoms with van der Waals surface area (Å²) in [5.74, 6) is 0.381. The predicted molar refractivity (Wildman–Crippen MR) is 90.6 cm³/mol. The van der Waals surface area contributed by atoms with Crippen LogP contribution in [0.5, 0.6) is 0 Å². The first-order chi connectivity index (χ1) is 11.2. The number of fused-ring (bicyclic) bond motifs is 1. The zero-order valence-corrected chi connectivity index (χ0v) is 12.9. The van der Waals surface area contributed by atoms with Crippen LogP contribution in [0.15, 0.2) is 42.7 Å². The van der Waals surface area contributed by atoms with Gasteiger partial charge in [0.1, 0.15) is 11.8 Å². The van der Waals surface area contributed by atoms with Crippen LogP contribution < -0.4 is 11.1 Å². The number of aliphatic hydroxyl groups is 1. The molecule has 1 unspecified atom stereocenters. The first-order valence-corrected chi connectivity index (χ1v) is 7.48. The molecular weight excluding hydrogens is 290 g/mol. The monoisotopic (exact) mass is 309 g/mol. The summed E-state index contributed by atoms with van der Waals surface area (Å²) in [6.07, 6.45) is 1.44. The van der Waals surface area contributed by atoms with Gasteiger partial charge in [-0.25, -0.2) is 15.0 Å². The Kier molecular flexibility index (Phi) is 4.45. The maximum absolute atomic E-state index is 9.08.